The molecule has 2 nitrogen and oxygen atoms in total. The molecule has 2 aliphatic heterocycles. The molecular weight excluding hydrogens is 744 g/mol. The van der Waals surface area contributed by atoms with Crippen molar-refractivity contribution in [2.24, 2.45) is 0 Å². The zero-order chi connectivity index (χ0) is 42.7. The van der Waals surface area contributed by atoms with Gasteiger partial charge in [-0.15, -0.1) is 11.3 Å². The highest BCUT2D eigenvalue weighted by Crippen LogP contribution is 2.53. The van der Waals surface area contributed by atoms with E-state index in [-0.39, 0.29) is 39.2 Å². The highest BCUT2D eigenvalue weighted by molar-refractivity contribution is 7.33. The van der Waals surface area contributed by atoms with Gasteiger partial charge in [0.1, 0.15) is 0 Å². The first kappa shape index (κ1) is 39.8. The topological polar surface area (TPSA) is 6.48 Å². The average molecular weight is 809 g/mol. The molecule has 3 heterocycles. The highest BCUT2D eigenvalue weighted by Gasteiger charge is 2.48. The summed E-state index contributed by atoms with van der Waals surface area (Å²) >= 11 is 2.03. The number of nitrogens with zero attached hydrogens (tertiary/aromatic N) is 2. The lowest BCUT2D eigenvalue weighted by Gasteiger charge is -2.47. The molecule has 2 aliphatic carbocycles. The highest BCUT2D eigenvalue weighted by atomic mass is 32.1. The van der Waals surface area contributed by atoms with Crippen LogP contribution in [0.2, 0.25) is 0 Å². The Labute approximate surface area is 365 Å². The van der Waals surface area contributed by atoms with Crippen molar-refractivity contribution in [3.05, 3.63) is 124 Å². The van der Waals surface area contributed by atoms with Gasteiger partial charge in [-0.3, -0.25) is 0 Å². The van der Waals surface area contributed by atoms with E-state index < -0.39 is 0 Å². The van der Waals surface area contributed by atoms with Crippen LogP contribution in [0.3, 0.4) is 0 Å². The summed E-state index contributed by atoms with van der Waals surface area (Å²) in [5.74, 6) is 0. The second-order valence-corrected chi connectivity index (χ2v) is 24.7. The van der Waals surface area contributed by atoms with E-state index in [0.29, 0.717) is 0 Å². The van der Waals surface area contributed by atoms with Crippen molar-refractivity contribution in [2.75, 3.05) is 9.80 Å². The smallest absolute Gasteiger partial charge is 0.264 e. The summed E-state index contributed by atoms with van der Waals surface area (Å²) in [5, 5.41) is 1.35. The zero-order valence-corrected chi connectivity index (χ0v) is 39.7. The van der Waals surface area contributed by atoms with Crippen molar-refractivity contribution in [1.29, 1.82) is 0 Å². The first-order valence-electron chi connectivity index (χ1n) is 22.7. The number of fused-ring (bicyclic) bond motifs is 8. The number of hydrogen-bond acceptors (Lipinski definition) is 3. The Morgan fingerprint density at radius 3 is 1.62 bits per heavy atom. The molecule has 0 N–H and O–H groups in total. The van der Waals surface area contributed by atoms with Crippen molar-refractivity contribution in [3.63, 3.8) is 0 Å². The number of thiophene rings is 1. The Bertz CT molecular complexity index is 2750. The summed E-state index contributed by atoms with van der Waals surface area (Å²) in [5.41, 5.74) is 20.0. The van der Waals surface area contributed by atoms with Gasteiger partial charge in [0.25, 0.3) is 6.71 Å². The Kier molecular flexibility index (Phi) is 8.40. The van der Waals surface area contributed by atoms with E-state index in [1.165, 1.54) is 119 Å². The second kappa shape index (κ2) is 12.7. The average Bonchev–Trinajstić information content (AvgIpc) is 3.56. The molecule has 0 fully saturated rings. The molecule has 0 unspecified atom stereocenters. The molecular formula is C56H65BN2S. The van der Waals surface area contributed by atoms with Gasteiger partial charge in [0.2, 0.25) is 0 Å². The van der Waals surface area contributed by atoms with Gasteiger partial charge in [-0.05, 0) is 151 Å². The maximum Gasteiger partial charge on any atom is 0.264 e. The molecule has 0 radical (unpaired) electrons. The molecule has 0 atom stereocenters. The fourth-order valence-corrected chi connectivity index (χ4v) is 12.7. The maximum atomic E-state index is 2.69. The first-order valence-corrected chi connectivity index (χ1v) is 23.5. The molecule has 308 valence electrons. The Balaban J connectivity index is 1.31. The predicted octanol–water partition coefficient (Wildman–Crippen LogP) is 14.3. The predicted molar refractivity (Wildman–Crippen MR) is 264 cm³/mol. The van der Waals surface area contributed by atoms with Crippen molar-refractivity contribution in [1.82, 2.24) is 0 Å². The molecule has 0 bridgehead atoms. The lowest BCUT2D eigenvalue weighted by Crippen LogP contribution is -2.61. The van der Waals surface area contributed by atoms with Gasteiger partial charge in [-0.2, -0.15) is 0 Å². The standard InChI is InChI=1S/C56H65BN2S/c1-51(2,3)34-18-21-36(22-19-34)59-45-17-15-16-44-48(45)57(50-49(59)38-24-20-35(52(4,5)6)30-47(38)60-50)43-32-41-42(56(13,14)29-28-55(41,11)12)33-46(43)58(44)37-23-25-39-40(31-37)54(9,10)27-26-53(39,7)8/h15-25,30-33H,26-29H2,1-14H3. The molecule has 4 aliphatic rings. The monoisotopic (exact) mass is 808 g/mol. The lowest BCUT2D eigenvalue weighted by molar-refractivity contribution is 0.332. The Hall–Kier alpha value is -4.28. The Morgan fingerprint density at radius 1 is 0.500 bits per heavy atom. The van der Waals surface area contributed by atoms with Crippen molar-refractivity contribution in [2.45, 2.75) is 155 Å². The van der Waals surface area contributed by atoms with Gasteiger partial charge in [0.15, 0.2) is 0 Å². The lowest BCUT2D eigenvalue weighted by atomic mass is 9.35. The van der Waals surface area contributed by atoms with E-state index in [1.54, 1.807) is 0 Å². The molecule has 5 aromatic carbocycles. The Morgan fingerprint density at radius 2 is 1.02 bits per heavy atom. The van der Waals surface area contributed by atoms with E-state index in [4.69, 9.17) is 0 Å². The molecule has 10 rings (SSSR count). The maximum absolute atomic E-state index is 2.69. The van der Waals surface area contributed by atoms with Crippen molar-refractivity contribution in [3.8, 4) is 0 Å². The van der Waals surface area contributed by atoms with Crippen LogP contribution in [0.4, 0.5) is 34.1 Å². The third-order valence-electron chi connectivity index (χ3n) is 15.5. The summed E-state index contributed by atoms with van der Waals surface area (Å²) in [4.78, 5) is 5.30. The summed E-state index contributed by atoms with van der Waals surface area (Å²) < 4.78 is 2.83. The number of benzene rings is 5. The van der Waals surface area contributed by atoms with Crippen LogP contribution in [-0.4, -0.2) is 6.71 Å². The largest absolute Gasteiger partial charge is 0.311 e. The third kappa shape index (κ3) is 5.85. The van der Waals surface area contributed by atoms with Crippen LogP contribution in [0.1, 0.15) is 156 Å². The molecule has 4 heteroatoms. The van der Waals surface area contributed by atoms with Crippen molar-refractivity contribution >= 4 is 78.0 Å². The van der Waals surface area contributed by atoms with Gasteiger partial charge in [0, 0.05) is 43.3 Å². The molecule has 0 amide bonds. The van der Waals surface area contributed by atoms with Gasteiger partial charge < -0.3 is 9.80 Å². The molecule has 60 heavy (non-hydrogen) atoms. The fraction of sp³-hybridized carbons (Fsp3) is 0.429. The number of rotatable bonds is 2. The number of anilines is 6. The van der Waals surface area contributed by atoms with Crippen LogP contribution in [0, 0.1) is 0 Å². The van der Waals surface area contributed by atoms with Crippen LogP contribution in [-0.2, 0) is 32.5 Å². The summed E-state index contributed by atoms with van der Waals surface area (Å²) in [6.45, 7) is 33.8. The van der Waals surface area contributed by atoms with E-state index in [1.807, 2.05) is 11.3 Å². The summed E-state index contributed by atoms with van der Waals surface area (Å²) in [6.07, 6.45) is 4.80. The van der Waals surface area contributed by atoms with Crippen LogP contribution < -0.4 is 25.5 Å². The van der Waals surface area contributed by atoms with Crippen LogP contribution >= 0.6 is 11.3 Å². The van der Waals surface area contributed by atoms with E-state index in [9.17, 15) is 0 Å². The van der Waals surface area contributed by atoms with E-state index in [0.717, 1.165) is 0 Å². The normalized spacial score (nSPS) is 19.3. The third-order valence-corrected chi connectivity index (χ3v) is 16.7. The van der Waals surface area contributed by atoms with Crippen LogP contribution in [0.15, 0.2) is 91.0 Å². The number of hydrogen-bond donors (Lipinski definition) is 0. The van der Waals surface area contributed by atoms with E-state index in [2.05, 4.69) is 198 Å². The molecule has 0 spiro atoms. The van der Waals surface area contributed by atoms with Crippen molar-refractivity contribution < 1.29 is 0 Å². The van der Waals surface area contributed by atoms with Gasteiger partial charge in [0.05, 0.1) is 5.69 Å². The van der Waals surface area contributed by atoms with Gasteiger partial charge in [-0.1, -0.05) is 139 Å². The minimum atomic E-state index is 0.0609. The zero-order valence-electron chi connectivity index (χ0n) is 38.9. The fourth-order valence-electron chi connectivity index (χ4n) is 11.3. The van der Waals surface area contributed by atoms with E-state index >= 15 is 0 Å². The quantitative estimate of drug-likeness (QED) is 0.161. The minimum absolute atomic E-state index is 0.0609. The van der Waals surface area contributed by atoms with Gasteiger partial charge in [-0.25, -0.2) is 0 Å². The summed E-state index contributed by atoms with van der Waals surface area (Å²) in [6, 6.07) is 36.8. The van der Waals surface area contributed by atoms with Crippen LogP contribution in [0.5, 0.6) is 0 Å². The van der Waals surface area contributed by atoms with Gasteiger partial charge >= 0.3 is 0 Å². The molecule has 1 aromatic heterocycles. The first-order chi connectivity index (χ1) is 28.0. The van der Waals surface area contributed by atoms with Crippen LogP contribution in [0.25, 0.3) is 10.1 Å². The molecule has 6 aromatic rings. The SMILES string of the molecule is CC(C)(C)c1ccc(N2c3cccc4c3B(c3cc5c(cc3N4c3ccc4c(c3)C(C)(C)CCC4(C)C)C(C)(C)CCC5(C)C)c3sc4cc(C(C)(C)C)ccc4c32)cc1. The summed E-state index contributed by atoms with van der Waals surface area (Å²) in [7, 11) is 0. The minimum Gasteiger partial charge on any atom is -0.311 e. The second-order valence-electron chi connectivity index (χ2n) is 23.6. The molecule has 0 saturated heterocycles. The molecule has 0 saturated carbocycles.